The van der Waals surface area contributed by atoms with Crippen molar-refractivity contribution in [3.63, 3.8) is 0 Å². The Labute approximate surface area is 188 Å². The molecule has 3 rings (SSSR count). The highest BCUT2D eigenvalue weighted by atomic mass is 16.5. The first-order valence-corrected chi connectivity index (χ1v) is 10.6. The van der Waals surface area contributed by atoms with Gasteiger partial charge in [0, 0.05) is 31.2 Å². The van der Waals surface area contributed by atoms with Crippen molar-refractivity contribution >= 4 is 24.0 Å². The van der Waals surface area contributed by atoms with Gasteiger partial charge in [0.25, 0.3) is 11.8 Å². The first-order chi connectivity index (χ1) is 15.5. The van der Waals surface area contributed by atoms with E-state index in [0.29, 0.717) is 5.56 Å². The number of nitrogens with zero attached hydrogens (tertiary/aromatic N) is 1. The van der Waals surface area contributed by atoms with E-state index in [0.717, 1.165) is 44.0 Å². The molecule has 0 saturated carbocycles. The van der Waals surface area contributed by atoms with Gasteiger partial charge in [-0.05, 0) is 35.7 Å². The Kier molecular flexibility index (Phi) is 8.52. The summed E-state index contributed by atoms with van der Waals surface area (Å²) in [6.07, 6.45) is 3.99. The van der Waals surface area contributed by atoms with Crippen LogP contribution in [0.4, 0.5) is 0 Å². The van der Waals surface area contributed by atoms with Crippen LogP contribution in [-0.2, 0) is 16.1 Å². The maximum absolute atomic E-state index is 12.4. The fourth-order valence-electron chi connectivity index (χ4n) is 3.42. The van der Waals surface area contributed by atoms with Gasteiger partial charge in [-0.2, -0.15) is 0 Å². The van der Waals surface area contributed by atoms with Crippen LogP contribution in [-0.4, -0.2) is 60.3 Å². The molecule has 1 fully saturated rings. The maximum atomic E-state index is 12.4. The number of carbonyl (C=O) groups is 2. The number of hydrogen-bond donors (Lipinski definition) is 4. The lowest BCUT2D eigenvalue weighted by Gasteiger charge is -2.26. The SMILES string of the molecule is C[C@@H](N)[C@H](NC(=O)c1ccc(/C=C/c2ccc(CN3CCOCC3)cc2)cc1)C(=O)NO. The lowest BCUT2D eigenvalue weighted by Crippen LogP contribution is -2.54. The minimum absolute atomic E-state index is 0.394. The van der Waals surface area contributed by atoms with Crippen LogP contribution in [0.25, 0.3) is 12.2 Å². The number of amides is 2. The summed E-state index contributed by atoms with van der Waals surface area (Å²) < 4.78 is 5.39. The van der Waals surface area contributed by atoms with Crippen molar-refractivity contribution in [2.24, 2.45) is 5.73 Å². The van der Waals surface area contributed by atoms with Gasteiger partial charge in [0.2, 0.25) is 0 Å². The zero-order valence-corrected chi connectivity index (χ0v) is 18.2. The number of morpholine rings is 1. The number of benzene rings is 2. The minimum atomic E-state index is -1.03. The summed E-state index contributed by atoms with van der Waals surface area (Å²) >= 11 is 0. The Morgan fingerprint density at radius 2 is 1.62 bits per heavy atom. The number of nitrogens with two attached hydrogens (primary N) is 1. The van der Waals surface area contributed by atoms with E-state index >= 15 is 0 Å². The molecule has 0 spiro atoms. The number of ether oxygens (including phenoxy) is 1. The third kappa shape index (κ3) is 6.73. The molecule has 32 heavy (non-hydrogen) atoms. The number of hydrogen-bond acceptors (Lipinski definition) is 6. The normalized spacial score (nSPS) is 16.5. The van der Waals surface area contributed by atoms with E-state index in [4.69, 9.17) is 15.7 Å². The van der Waals surface area contributed by atoms with Gasteiger partial charge >= 0.3 is 0 Å². The van der Waals surface area contributed by atoms with Crippen molar-refractivity contribution in [3.05, 3.63) is 70.8 Å². The number of hydroxylamine groups is 1. The molecular weight excluding hydrogens is 408 g/mol. The monoisotopic (exact) mass is 438 g/mol. The highest BCUT2D eigenvalue weighted by molar-refractivity contribution is 5.97. The van der Waals surface area contributed by atoms with Gasteiger partial charge in [0.15, 0.2) is 0 Å². The van der Waals surface area contributed by atoms with E-state index in [-0.39, 0.29) is 0 Å². The molecule has 0 aliphatic carbocycles. The topological polar surface area (TPSA) is 117 Å². The van der Waals surface area contributed by atoms with Crippen molar-refractivity contribution < 1.29 is 19.5 Å². The second-order valence-electron chi connectivity index (χ2n) is 7.87. The Balaban J connectivity index is 1.56. The summed E-state index contributed by atoms with van der Waals surface area (Å²) in [5.41, 5.74) is 10.9. The van der Waals surface area contributed by atoms with Crippen molar-refractivity contribution in [2.75, 3.05) is 26.3 Å². The van der Waals surface area contributed by atoms with Crippen LogP contribution >= 0.6 is 0 Å². The van der Waals surface area contributed by atoms with Crippen LogP contribution in [0.5, 0.6) is 0 Å². The van der Waals surface area contributed by atoms with E-state index in [1.807, 2.05) is 24.3 Å². The summed E-state index contributed by atoms with van der Waals surface area (Å²) in [6.45, 7) is 6.04. The Bertz CT molecular complexity index is 920. The summed E-state index contributed by atoms with van der Waals surface area (Å²) in [5.74, 6) is -1.20. The first-order valence-electron chi connectivity index (χ1n) is 10.6. The molecule has 2 aromatic carbocycles. The first kappa shape index (κ1) is 23.6. The van der Waals surface area contributed by atoms with Gasteiger partial charge < -0.3 is 15.8 Å². The van der Waals surface area contributed by atoms with Gasteiger partial charge in [-0.1, -0.05) is 48.6 Å². The molecule has 5 N–H and O–H groups in total. The predicted molar refractivity (Wildman–Crippen MR) is 123 cm³/mol. The second kappa shape index (κ2) is 11.5. The molecule has 1 saturated heterocycles. The quantitative estimate of drug-likeness (QED) is 0.283. The highest BCUT2D eigenvalue weighted by Gasteiger charge is 2.24. The molecule has 1 heterocycles. The van der Waals surface area contributed by atoms with Gasteiger partial charge in [0.1, 0.15) is 6.04 Å². The second-order valence-corrected chi connectivity index (χ2v) is 7.87. The van der Waals surface area contributed by atoms with Crippen LogP contribution in [0, 0.1) is 0 Å². The van der Waals surface area contributed by atoms with Crippen LogP contribution < -0.4 is 16.5 Å². The maximum Gasteiger partial charge on any atom is 0.267 e. The third-order valence-electron chi connectivity index (χ3n) is 5.34. The Morgan fingerprint density at radius 1 is 1.06 bits per heavy atom. The molecule has 0 radical (unpaired) electrons. The van der Waals surface area contributed by atoms with Crippen molar-refractivity contribution in [3.8, 4) is 0 Å². The molecule has 2 atom stereocenters. The fourth-order valence-corrected chi connectivity index (χ4v) is 3.42. The largest absolute Gasteiger partial charge is 0.379 e. The molecule has 2 amide bonds. The average molecular weight is 439 g/mol. The summed E-state index contributed by atoms with van der Waals surface area (Å²) in [4.78, 5) is 26.4. The number of carbonyl (C=O) groups excluding carboxylic acids is 2. The molecule has 8 heteroatoms. The van der Waals surface area contributed by atoms with E-state index in [2.05, 4.69) is 34.5 Å². The molecule has 2 aromatic rings. The molecule has 0 aromatic heterocycles. The van der Waals surface area contributed by atoms with Crippen molar-refractivity contribution in [1.29, 1.82) is 0 Å². The van der Waals surface area contributed by atoms with Crippen LogP contribution in [0.3, 0.4) is 0 Å². The lowest BCUT2D eigenvalue weighted by molar-refractivity contribution is -0.131. The van der Waals surface area contributed by atoms with Gasteiger partial charge in [-0.3, -0.25) is 19.7 Å². The smallest absolute Gasteiger partial charge is 0.267 e. The molecule has 1 aliphatic heterocycles. The summed E-state index contributed by atoms with van der Waals surface area (Å²) in [7, 11) is 0. The van der Waals surface area contributed by atoms with Gasteiger partial charge in [-0.15, -0.1) is 0 Å². The Hall–Kier alpha value is -3.04. The standard InChI is InChI=1S/C24H30N4O4/c1-17(25)22(24(30)27-31)26-23(29)21-10-8-19(9-11-21)3-2-18-4-6-20(7-5-18)16-28-12-14-32-15-13-28/h2-11,17,22,31H,12-16,25H2,1H3,(H,26,29)(H,27,30)/b3-2+/t17-,22+/m1/s1. The highest BCUT2D eigenvalue weighted by Crippen LogP contribution is 2.13. The minimum Gasteiger partial charge on any atom is -0.379 e. The molecule has 1 aliphatic rings. The third-order valence-corrected chi connectivity index (χ3v) is 5.34. The number of nitrogens with one attached hydrogen (secondary N) is 2. The van der Waals surface area contributed by atoms with Crippen molar-refractivity contribution in [1.82, 2.24) is 15.7 Å². The van der Waals surface area contributed by atoms with Crippen LogP contribution in [0.1, 0.15) is 34.0 Å². The van der Waals surface area contributed by atoms with E-state index in [1.165, 1.54) is 11.0 Å². The van der Waals surface area contributed by atoms with Gasteiger partial charge in [0.05, 0.1) is 13.2 Å². The van der Waals surface area contributed by atoms with E-state index in [9.17, 15) is 9.59 Å². The zero-order chi connectivity index (χ0) is 22.9. The van der Waals surface area contributed by atoms with Crippen LogP contribution in [0.2, 0.25) is 0 Å². The summed E-state index contributed by atoms with van der Waals surface area (Å²) in [6, 6.07) is 13.8. The van der Waals surface area contributed by atoms with Gasteiger partial charge in [-0.25, -0.2) is 5.48 Å². The van der Waals surface area contributed by atoms with Crippen LogP contribution in [0.15, 0.2) is 48.5 Å². The van der Waals surface area contributed by atoms with E-state index < -0.39 is 23.9 Å². The van der Waals surface area contributed by atoms with Crippen molar-refractivity contribution in [2.45, 2.75) is 25.6 Å². The molecule has 8 nitrogen and oxygen atoms in total. The molecule has 0 unspecified atom stereocenters. The molecular formula is C24H30N4O4. The predicted octanol–water partition coefficient (Wildman–Crippen LogP) is 1.64. The zero-order valence-electron chi connectivity index (χ0n) is 18.2. The molecule has 0 bridgehead atoms. The average Bonchev–Trinajstić information content (AvgIpc) is 2.82. The lowest BCUT2D eigenvalue weighted by atomic mass is 10.1. The number of rotatable bonds is 8. The summed E-state index contributed by atoms with van der Waals surface area (Å²) in [5, 5.41) is 11.3. The fraction of sp³-hybridized carbons (Fsp3) is 0.333. The van der Waals surface area contributed by atoms with E-state index in [1.54, 1.807) is 19.1 Å². The molecule has 170 valence electrons. The Morgan fingerprint density at radius 3 is 2.16 bits per heavy atom.